The van der Waals surface area contributed by atoms with Gasteiger partial charge in [0, 0.05) is 30.7 Å². The fourth-order valence-electron chi connectivity index (χ4n) is 2.08. The maximum absolute atomic E-state index is 11.3. The third kappa shape index (κ3) is 8.62. The van der Waals surface area contributed by atoms with Crippen LogP contribution in [0.1, 0.15) is 52.4 Å². The summed E-state index contributed by atoms with van der Waals surface area (Å²) in [6.45, 7) is 4.24. The summed E-state index contributed by atoms with van der Waals surface area (Å²) in [5.74, 6) is 0.428. The van der Waals surface area contributed by atoms with Crippen molar-refractivity contribution in [3.05, 3.63) is 0 Å². The molecule has 0 saturated heterocycles. The van der Waals surface area contributed by atoms with E-state index in [0.29, 0.717) is 18.3 Å². The summed E-state index contributed by atoms with van der Waals surface area (Å²) in [7, 11) is -1.99. The average Bonchev–Trinajstić information content (AvgIpc) is 3.18. The molecule has 0 amide bonds. The highest BCUT2D eigenvalue weighted by Crippen LogP contribution is 2.48. The third-order valence-corrected chi connectivity index (χ3v) is 5.12. The zero-order valence-electron chi connectivity index (χ0n) is 13.5. The number of carbonyl (C=O) groups is 2. The highest BCUT2D eigenvalue weighted by molar-refractivity contribution is 8.01. The molecule has 2 saturated carbocycles. The number of carbonyl (C=O) groups excluding carboxylic acids is 2. The number of alkyl halides is 1. The van der Waals surface area contributed by atoms with Gasteiger partial charge in [0.2, 0.25) is 0 Å². The van der Waals surface area contributed by atoms with Crippen LogP contribution in [0.15, 0.2) is 0 Å². The van der Waals surface area contributed by atoms with Crippen molar-refractivity contribution in [3.63, 3.8) is 0 Å². The monoisotopic (exact) mass is 334 g/mol. The lowest BCUT2D eigenvalue weighted by Gasteiger charge is -2.03. The van der Waals surface area contributed by atoms with Crippen molar-refractivity contribution in [2.75, 3.05) is 18.4 Å². The topological polar surface area (TPSA) is 51.2 Å². The van der Waals surface area contributed by atoms with Crippen LogP contribution >= 0.6 is 11.6 Å². The van der Waals surface area contributed by atoms with E-state index >= 15 is 0 Å². The van der Waals surface area contributed by atoms with Crippen LogP contribution in [0.5, 0.6) is 0 Å². The molecule has 0 aliphatic heterocycles. The van der Waals surface area contributed by atoms with E-state index < -0.39 is 9.52 Å². The van der Waals surface area contributed by atoms with Gasteiger partial charge in [-0.05, 0) is 46.0 Å². The average molecular weight is 335 g/mol. The smallest absolute Gasteiger partial charge is 0.164 e. The lowest BCUT2D eigenvalue weighted by Crippen LogP contribution is -2.12. The molecule has 0 radical (unpaired) electrons. The first-order valence-electron chi connectivity index (χ1n) is 7.37. The van der Waals surface area contributed by atoms with Gasteiger partial charge in [0.15, 0.2) is 5.78 Å². The Hall–Kier alpha value is -0.350. The number of ketones is 2. The maximum Gasteiger partial charge on any atom is 0.164 e. The van der Waals surface area contributed by atoms with Crippen LogP contribution in [0.4, 0.5) is 0 Å². The predicted molar refractivity (Wildman–Crippen MR) is 90.7 cm³/mol. The molecule has 5 heteroatoms. The fourth-order valence-corrected chi connectivity index (χ4v) is 2.89. The fraction of sp³-hybridized carbons (Fsp3) is 0.812. The third-order valence-electron chi connectivity index (χ3n) is 4.00. The van der Waals surface area contributed by atoms with Gasteiger partial charge in [0.1, 0.15) is 5.78 Å². The number of halogens is 1. The highest BCUT2D eigenvalue weighted by atomic mass is 35.5. The second-order valence-electron chi connectivity index (χ2n) is 7.54. The molecular formula is C16H27ClO3S. The number of rotatable bonds is 6. The first-order valence-corrected chi connectivity index (χ1v) is 10.3. The van der Waals surface area contributed by atoms with Gasteiger partial charge in [-0.3, -0.25) is 13.8 Å². The predicted octanol–water partition coefficient (Wildman–Crippen LogP) is 3.08. The molecule has 0 aromatic heterocycles. The minimum absolute atomic E-state index is 0.0463. The van der Waals surface area contributed by atoms with Crippen LogP contribution in [0.3, 0.4) is 0 Å². The molecule has 0 unspecified atom stereocenters. The number of hydrogen-bond acceptors (Lipinski definition) is 3. The van der Waals surface area contributed by atoms with Crippen LogP contribution in [0.25, 0.3) is 0 Å². The summed E-state index contributed by atoms with van der Waals surface area (Å²) in [6.07, 6.45) is 9.15. The van der Waals surface area contributed by atoms with Crippen LogP contribution in [0.2, 0.25) is 0 Å². The lowest BCUT2D eigenvalue weighted by molar-refractivity contribution is -0.117. The summed E-state index contributed by atoms with van der Waals surface area (Å²) < 4.78 is 11.2. The summed E-state index contributed by atoms with van der Waals surface area (Å²) in [4.78, 5) is 22.0. The maximum atomic E-state index is 11.3. The Kier molecular flexibility index (Phi) is 6.08. The van der Waals surface area contributed by atoms with Gasteiger partial charge in [-0.25, -0.2) is 0 Å². The Labute approximate surface area is 133 Å². The minimum Gasteiger partial charge on any atom is -0.298 e. The summed E-state index contributed by atoms with van der Waals surface area (Å²) in [5.41, 5.74) is 0.574. The quantitative estimate of drug-likeness (QED) is 0.554. The SMILES string of the molecule is CC1(CC(=O)C=S(C)(C)=O)CC1.CC1(CC(=O)CCl)CC1. The molecule has 0 N–H and O–H groups in total. The van der Waals surface area contributed by atoms with Crippen LogP contribution < -0.4 is 0 Å². The molecule has 21 heavy (non-hydrogen) atoms. The van der Waals surface area contributed by atoms with Crippen molar-refractivity contribution in [1.82, 2.24) is 0 Å². The lowest BCUT2D eigenvalue weighted by atomic mass is 10.0. The highest BCUT2D eigenvalue weighted by Gasteiger charge is 2.39. The van der Waals surface area contributed by atoms with E-state index in [2.05, 4.69) is 13.8 Å². The first kappa shape index (κ1) is 18.7. The normalized spacial score (nSPS) is 20.8. The van der Waals surface area contributed by atoms with Crippen molar-refractivity contribution in [3.8, 4) is 0 Å². The Morgan fingerprint density at radius 1 is 1.05 bits per heavy atom. The van der Waals surface area contributed by atoms with E-state index in [1.165, 1.54) is 18.2 Å². The Bertz CT molecular complexity index is 514. The van der Waals surface area contributed by atoms with E-state index in [1.54, 1.807) is 12.5 Å². The van der Waals surface area contributed by atoms with Gasteiger partial charge < -0.3 is 0 Å². The summed E-state index contributed by atoms with van der Waals surface area (Å²) >= 11 is 5.34. The largest absolute Gasteiger partial charge is 0.298 e. The van der Waals surface area contributed by atoms with Crippen molar-refractivity contribution in [2.24, 2.45) is 10.8 Å². The summed E-state index contributed by atoms with van der Waals surface area (Å²) in [5, 5.41) is 1.39. The van der Waals surface area contributed by atoms with Crippen molar-refractivity contribution in [1.29, 1.82) is 0 Å². The first-order chi connectivity index (χ1) is 9.47. The van der Waals surface area contributed by atoms with Gasteiger partial charge in [-0.2, -0.15) is 0 Å². The molecule has 0 atom stereocenters. The zero-order valence-corrected chi connectivity index (χ0v) is 15.1. The number of Topliss-reactive ketones (excluding diaryl/α,β-unsaturated/α-hetero) is 2. The molecule has 2 aliphatic rings. The van der Waals surface area contributed by atoms with Gasteiger partial charge in [-0.1, -0.05) is 13.8 Å². The Balaban J connectivity index is 0.000000219. The van der Waals surface area contributed by atoms with Gasteiger partial charge >= 0.3 is 0 Å². The zero-order chi connectivity index (χ0) is 16.3. The molecule has 2 rings (SSSR count). The number of hydrogen-bond donors (Lipinski definition) is 0. The Morgan fingerprint density at radius 3 is 1.81 bits per heavy atom. The van der Waals surface area contributed by atoms with Crippen molar-refractivity contribution >= 4 is 38.1 Å². The van der Waals surface area contributed by atoms with Crippen LogP contribution in [-0.4, -0.2) is 39.5 Å². The van der Waals surface area contributed by atoms with E-state index in [9.17, 15) is 13.8 Å². The minimum atomic E-state index is -1.99. The van der Waals surface area contributed by atoms with Gasteiger partial charge in [0.05, 0.1) is 5.88 Å². The van der Waals surface area contributed by atoms with Gasteiger partial charge in [0.25, 0.3) is 0 Å². The molecule has 3 nitrogen and oxygen atoms in total. The van der Waals surface area contributed by atoms with Gasteiger partial charge in [-0.15, -0.1) is 11.6 Å². The summed E-state index contributed by atoms with van der Waals surface area (Å²) in [6, 6.07) is 0. The molecule has 2 fully saturated rings. The van der Waals surface area contributed by atoms with E-state index in [1.807, 2.05) is 0 Å². The van der Waals surface area contributed by atoms with E-state index in [0.717, 1.165) is 12.8 Å². The molecule has 2 aliphatic carbocycles. The second kappa shape index (κ2) is 6.82. The molecular weight excluding hydrogens is 308 g/mol. The van der Waals surface area contributed by atoms with Crippen molar-refractivity contribution in [2.45, 2.75) is 52.4 Å². The van der Waals surface area contributed by atoms with Crippen LogP contribution in [0, 0.1) is 10.8 Å². The Morgan fingerprint density at radius 2 is 1.48 bits per heavy atom. The molecule has 0 spiro atoms. The molecule has 0 aromatic rings. The molecule has 0 bridgehead atoms. The second-order valence-corrected chi connectivity index (χ2v) is 10.7. The van der Waals surface area contributed by atoms with E-state index in [4.69, 9.17) is 11.6 Å². The van der Waals surface area contributed by atoms with E-state index in [-0.39, 0.29) is 22.9 Å². The van der Waals surface area contributed by atoms with Crippen molar-refractivity contribution < 1.29 is 13.8 Å². The van der Waals surface area contributed by atoms with Crippen LogP contribution in [-0.2, 0) is 19.1 Å². The molecule has 0 aromatic carbocycles. The standard InChI is InChI=1S/C9H16O2S.C7H11ClO/c1-9(4-5-9)6-8(10)7-12(2,3)11;1-7(2-3-7)4-6(9)5-8/h7H,4-6H2,1-3H3;2-5H2,1H3. The molecule has 0 heterocycles. The molecule has 122 valence electrons.